The monoisotopic (exact) mass is 636 g/mol. The number of nitrogens with zero attached hydrogens (tertiary/aromatic N) is 1. The largest absolute Gasteiger partial charge is 0.497 e. The van der Waals surface area contributed by atoms with E-state index in [2.05, 4.69) is 21.2 Å². The molecule has 5 rings (SSSR count). The second-order valence-electron chi connectivity index (χ2n) is 8.57. The van der Waals surface area contributed by atoms with Crippen molar-refractivity contribution in [1.82, 2.24) is 4.90 Å². The molecule has 40 heavy (non-hydrogen) atoms. The first-order chi connectivity index (χ1) is 19.3. The molecule has 0 bridgehead atoms. The number of halogens is 1. The minimum absolute atomic E-state index is 0.0311. The van der Waals surface area contributed by atoms with Gasteiger partial charge in [-0.25, -0.2) is 0 Å². The number of fused-ring (bicyclic) bond motifs is 1. The summed E-state index contributed by atoms with van der Waals surface area (Å²) in [6.07, 6.45) is 1.71. The maximum absolute atomic E-state index is 13.5. The Morgan fingerprint density at radius 2 is 1.82 bits per heavy atom. The summed E-state index contributed by atoms with van der Waals surface area (Å²) < 4.78 is 17.2. The van der Waals surface area contributed by atoms with E-state index in [1.807, 2.05) is 12.1 Å². The van der Waals surface area contributed by atoms with E-state index in [0.29, 0.717) is 37.4 Å². The molecule has 0 radical (unpaired) electrons. The highest BCUT2D eigenvalue weighted by atomic mass is 79.9. The molecular formula is C29H21BrN2O6S2. The minimum Gasteiger partial charge on any atom is -0.497 e. The number of carbonyl (C=O) groups excluding carboxylic acids is 3. The van der Waals surface area contributed by atoms with Crippen LogP contribution in [0, 0.1) is 0 Å². The molecule has 2 amide bonds. The highest BCUT2D eigenvalue weighted by Crippen LogP contribution is 2.35. The number of furan rings is 1. The van der Waals surface area contributed by atoms with Gasteiger partial charge in [0.25, 0.3) is 5.91 Å². The molecule has 202 valence electrons. The lowest BCUT2D eigenvalue weighted by molar-refractivity contribution is -0.126. The zero-order valence-corrected chi connectivity index (χ0v) is 24.4. The lowest BCUT2D eigenvalue weighted by atomic mass is 10.1. The smallest absolute Gasteiger partial charge is 0.266 e. The molecule has 1 N–H and O–H groups in total. The molecule has 0 saturated carbocycles. The summed E-state index contributed by atoms with van der Waals surface area (Å²) >= 11 is 9.91. The van der Waals surface area contributed by atoms with Crippen molar-refractivity contribution in [3.05, 3.63) is 93.0 Å². The molecule has 0 aliphatic carbocycles. The van der Waals surface area contributed by atoms with E-state index in [9.17, 15) is 14.4 Å². The molecule has 0 unspecified atom stereocenters. The van der Waals surface area contributed by atoms with Crippen molar-refractivity contribution in [1.29, 1.82) is 0 Å². The van der Waals surface area contributed by atoms with Crippen molar-refractivity contribution >= 4 is 84.6 Å². The number of ketones is 1. The average molecular weight is 638 g/mol. The van der Waals surface area contributed by atoms with Gasteiger partial charge >= 0.3 is 0 Å². The van der Waals surface area contributed by atoms with Gasteiger partial charge in [0.1, 0.15) is 27.9 Å². The number of thioether (sulfide) groups is 1. The number of carbonyl (C=O) groups is 3. The predicted molar refractivity (Wildman–Crippen MR) is 162 cm³/mol. The molecule has 4 aromatic rings. The standard InChI is InChI=1S/C29H21BrN2O6S2/c1-36-18-10-7-16(8-11-18)13-23-28(35)32(29(39)40-23)15-24(33)31-25-19-5-3-4-6-21(19)38-27(25)26(34)17-9-12-22(37-2)20(30)14-17/h3-14H,15H2,1-2H3,(H,31,33)/b23-13-. The zero-order valence-electron chi connectivity index (χ0n) is 21.2. The number of nitrogens with one attached hydrogen (secondary N) is 1. The maximum Gasteiger partial charge on any atom is 0.266 e. The molecule has 11 heteroatoms. The molecule has 1 saturated heterocycles. The molecule has 1 aliphatic heterocycles. The minimum atomic E-state index is -0.529. The van der Waals surface area contributed by atoms with Crippen LogP contribution in [0.4, 0.5) is 5.69 Å². The third kappa shape index (κ3) is 5.53. The molecule has 1 aromatic heterocycles. The Balaban J connectivity index is 1.38. The number of para-hydroxylation sites is 1. The van der Waals surface area contributed by atoms with Crippen LogP contribution in [0.5, 0.6) is 11.5 Å². The van der Waals surface area contributed by atoms with Crippen LogP contribution in [0.15, 0.2) is 80.5 Å². The van der Waals surface area contributed by atoms with Crippen LogP contribution in [0.2, 0.25) is 0 Å². The number of hydrogen-bond acceptors (Lipinski definition) is 8. The zero-order chi connectivity index (χ0) is 28.4. The summed E-state index contributed by atoms with van der Waals surface area (Å²) in [5.74, 6) is -0.0972. The Morgan fingerprint density at radius 3 is 2.52 bits per heavy atom. The fraction of sp³-hybridized carbons (Fsp3) is 0.103. The van der Waals surface area contributed by atoms with Gasteiger partial charge in [0, 0.05) is 10.9 Å². The number of hydrogen-bond donors (Lipinski definition) is 1. The summed E-state index contributed by atoms with van der Waals surface area (Å²) in [7, 11) is 3.11. The summed E-state index contributed by atoms with van der Waals surface area (Å²) in [6.45, 7) is -0.328. The van der Waals surface area contributed by atoms with Gasteiger partial charge in [-0.15, -0.1) is 0 Å². The second-order valence-corrected chi connectivity index (χ2v) is 11.1. The molecule has 2 heterocycles. The van der Waals surface area contributed by atoms with Crippen LogP contribution in [0.1, 0.15) is 21.7 Å². The van der Waals surface area contributed by atoms with Crippen LogP contribution < -0.4 is 14.8 Å². The van der Waals surface area contributed by atoms with E-state index >= 15 is 0 Å². The first-order valence-corrected chi connectivity index (χ1v) is 13.9. The van der Waals surface area contributed by atoms with Crippen LogP contribution in [0.3, 0.4) is 0 Å². The van der Waals surface area contributed by atoms with E-state index in [-0.39, 0.29) is 28.2 Å². The number of thiocarbonyl (C=S) groups is 1. The molecule has 0 spiro atoms. The lowest BCUT2D eigenvalue weighted by Gasteiger charge is -2.14. The van der Waals surface area contributed by atoms with Crippen LogP contribution in [0.25, 0.3) is 17.0 Å². The SMILES string of the molecule is COc1ccc(/C=C2\SC(=S)N(CC(=O)Nc3c(C(=O)c4ccc(OC)c(Br)c4)oc4ccccc34)C2=O)cc1. The van der Waals surface area contributed by atoms with E-state index in [1.165, 1.54) is 12.0 Å². The molecule has 1 fully saturated rings. The van der Waals surface area contributed by atoms with Crippen molar-refractivity contribution in [2.24, 2.45) is 0 Å². The van der Waals surface area contributed by atoms with Crippen molar-refractivity contribution in [3.8, 4) is 11.5 Å². The predicted octanol–water partition coefficient (Wildman–Crippen LogP) is 6.28. The highest BCUT2D eigenvalue weighted by molar-refractivity contribution is 9.10. The van der Waals surface area contributed by atoms with Gasteiger partial charge in [-0.05, 0) is 70.0 Å². The lowest BCUT2D eigenvalue weighted by Crippen LogP contribution is -2.36. The Morgan fingerprint density at radius 1 is 1.07 bits per heavy atom. The molecule has 1 aliphatic rings. The maximum atomic E-state index is 13.5. The topological polar surface area (TPSA) is 98.1 Å². The first-order valence-electron chi connectivity index (χ1n) is 11.9. The first kappa shape index (κ1) is 27.6. The van der Waals surface area contributed by atoms with Crippen molar-refractivity contribution in [2.75, 3.05) is 26.1 Å². The normalized spacial score (nSPS) is 14.2. The van der Waals surface area contributed by atoms with E-state index < -0.39 is 11.7 Å². The van der Waals surface area contributed by atoms with Crippen LogP contribution >= 0.6 is 39.9 Å². The number of amides is 2. The Labute approximate surface area is 247 Å². The number of methoxy groups -OCH3 is 2. The Bertz CT molecular complexity index is 1700. The highest BCUT2D eigenvalue weighted by Gasteiger charge is 2.34. The van der Waals surface area contributed by atoms with Gasteiger partial charge in [0.05, 0.1) is 29.3 Å². The summed E-state index contributed by atoms with van der Waals surface area (Å²) in [6, 6.07) is 19.1. The Kier molecular flexibility index (Phi) is 8.06. The summed E-state index contributed by atoms with van der Waals surface area (Å²) in [5, 5.41) is 3.33. The molecule has 8 nitrogen and oxygen atoms in total. The van der Waals surface area contributed by atoms with Gasteiger partial charge in [-0.3, -0.25) is 19.3 Å². The van der Waals surface area contributed by atoms with Gasteiger partial charge in [0.2, 0.25) is 11.7 Å². The van der Waals surface area contributed by atoms with E-state index in [0.717, 1.165) is 17.3 Å². The third-order valence-corrected chi connectivity index (χ3v) is 8.07. The van der Waals surface area contributed by atoms with Gasteiger partial charge in [-0.2, -0.15) is 0 Å². The van der Waals surface area contributed by atoms with Gasteiger partial charge in [-0.1, -0.05) is 48.2 Å². The molecule has 3 aromatic carbocycles. The van der Waals surface area contributed by atoms with Gasteiger partial charge < -0.3 is 19.2 Å². The molecular weight excluding hydrogens is 616 g/mol. The molecule has 0 atom stereocenters. The van der Waals surface area contributed by atoms with Crippen LogP contribution in [-0.4, -0.2) is 47.6 Å². The summed E-state index contributed by atoms with van der Waals surface area (Å²) in [4.78, 5) is 41.4. The van der Waals surface area contributed by atoms with Gasteiger partial charge in [0.15, 0.2) is 5.76 Å². The number of rotatable bonds is 8. The fourth-order valence-electron chi connectivity index (χ4n) is 4.08. The number of anilines is 1. The summed E-state index contributed by atoms with van der Waals surface area (Å²) in [5.41, 5.74) is 1.78. The van der Waals surface area contributed by atoms with E-state index in [4.69, 9.17) is 26.1 Å². The number of benzene rings is 3. The van der Waals surface area contributed by atoms with Crippen molar-refractivity contribution in [2.45, 2.75) is 0 Å². The Hall–Kier alpha value is -3.93. The third-order valence-electron chi connectivity index (χ3n) is 6.07. The number of ether oxygens (including phenoxy) is 2. The van der Waals surface area contributed by atoms with Crippen molar-refractivity contribution < 1.29 is 28.3 Å². The quantitative estimate of drug-likeness (QED) is 0.137. The second kappa shape index (κ2) is 11.7. The average Bonchev–Trinajstić information content (AvgIpc) is 3.45. The van der Waals surface area contributed by atoms with E-state index in [1.54, 1.807) is 67.8 Å². The fourth-order valence-corrected chi connectivity index (χ4v) is 5.87. The van der Waals surface area contributed by atoms with Crippen molar-refractivity contribution in [3.63, 3.8) is 0 Å². The van der Waals surface area contributed by atoms with Crippen LogP contribution in [-0.2, 0) is 9.59 Å².